The Kier molecular flexibility index (Phi) is 3.99. The van der Waals surface area contributed by atoms with Crippen molar-refractivity contribution in [2.45, 2.75) is 51.5 Å². The average molecular weight is 266 g/mol. The normalized spacial score (nSPS) is 27.2. The van der Waals surface area contributed by atoms with Gasteiger partial charge in [-0.25, -0.2) is 0 Å². The quantitative estimate of drug-likeness (QED) is 0.896. The standard InChI is InChI=1S/C14H26N4O/c1-10-7-18(9-14(3,4)19-10)13(11(2)15)12-6-16-17(5)8-12/h6,8,10-11,13H,7,9,15H2,1-5H3. The summed E-state index contributed by atoms with van der Waals surface area (Å²) in [5.74, 6) is 0. The third-order valence-electron chi connectivity index (χ3n) is 3.55. The summed E-state index contributed by atoms with van der Waals surface area (Å²) in [6.07, 6.45) is 4.20. The predicted molar refractivity (Wildman–Crippen MR) is 75.8 cm³/mol. The van der Waals surface area contributed by atoms with Crippen LogP contribution in [-0.4, -0.2) is 45.5 Å². The van der Waals surface area contributed by atoms with Gasteiger partial charge in [0.25, 0.3) is 0 Å². The maximum atomic E-state index is 6.22. The molecule has 0 aliphatic carbocycles. The summed E-state index contributed by atoms with van der Waals surface area (Å²) in [7, 11) is 1.94. The van der Waals surface area contributed by atoms with Gasteiger partial charge in [0.2, 0.25) is 0 Å². The molecule has 1 saturated heterocycles. The number of hydrogen-bond acceptors (Lipinski definition) is 4. The molecule has 0 saturated carbocycles. The summed E-state index contributed by atoms with van der Waals surface area (Å²) < 4.78 is 7.80. The van der Waals surface area contributed by atoms with Gasteiger partial charge in [-0.1, -0.05) is 0 Å². The fourth-order valence-corrected chi connectivity index (χ4v) is 3.15. The van der Waals surface area contributed by atoms with Crippen molar-refractivity contribution in [1.29, 1.82) is 0 Å². The molecule has 1 aliphatic rings. The lowest BCUT2D eigenvalue weighted by Gasteiger charge is -2.46. The first-order valence-corrected chi connectivity index (χ1v) is 6.94. The number of morpholine rings is 1. The summed E-state index contributed by atoms with van der Waals surface area (Å²) >= 11 is 0. The molecule has 0 aromatic carbocycles. The molecule has 2 rings (SSSR count). The van der Waals surface area contributed by atoms with E-state index in [-0.39, 0.29) is 23.8 Å². The van der Waals surface area contributed by atoms with E-state index in [1.807, 2.05) is 17.9 Å². The molecule has 3 unspecified atom stereocenters. The molecule has 2 heterocycles. The summed E-state index contributed by atoms with van der Waals surface area (Å²) in [6, 6.07) is 0.254. The molecule has 5 nitrogen and oxygen atoms in total. The van der Waals surface area contributed by atoms with Gasteiger partial charge < -0.3 is 10.5 Å². The van der Waals surface area contributed by atoms with Crippen LogP contribution in [0.5, 0.6) is 0 Å². The van der Waals surface area contributed by atoms with Crippen molar-refractivity contribution in [3.63, 3.8) is 0 Å². The zero-order valence-corrected chi connectivity index (χ0v) is 12.6. The fraction of sp³-hybridized carbons (Fsp3) is 0.786. The van der Waals surface area contributed by atoms with Crippen LogP contribution in [0.25, 0.3) is 0 Å². The summed E-state index contributed by atoms with van der Waals surface area (Å²) in [5.41, 5.74) is 7.27. The topological polar surface area (TPSA) is 56.3 Å². The van der Waals surface area contributed by atoms with Gasteiger partial charge in [-0.05, 0) is 27.7 Å². The monoisotopic (exact) mass is 266 g/mol. The molecule has 108 valence electrons. The van der Waals surface area contributed by atoms with E-state index < -0.39 is 0 Å². The number of nitrogens with two attached hydrogens (primary N) is 1. The molecule has 1 aliphatic heterocycles. The molecule has 5 heteroatoms. The van der Waals surface area contributed by atoms with E-state index >= 15 is 0 Å². The Morgan fingerprint density at radius 2 is 2.21 bits per heavy atom. The fourth-order valence-electron chi connectivity index (χ4n) is 3.15. The number of hydrogen-bond donors (Lipinski definition) is 1. The maximum absolute atomic E-state index is 6.22. The number of aryl methyl sites for hydroxylation is 1. The van der Waals surface area contributed by atoms with E-state index in [9.17, 15) is 0 Å². The van der Waals surface area contributed by atoms with Gasteiger partial charge in [-0.3, -0.25) is 9.58 Å². The van der Waals surface area contributed by atoms with Crippen LogP contribution in [0.3, 0.4) is 0 Å². The number of rotatable bonds is 3. The Balaban J connectivity index is 2.24. The number of ether oxygens (including phenoxy) is 1. The molecule has 0 bridgehead atoms. The van der Waals surface area contributed by atoms with E-state index in [2.05, 4.69) is 43.9 Å². The Bertz CT molecular complexity index is 427. The Morgan fingerprint density at radius 3 is 2.68 bits per heavy atom. The zero-order valence-electron chi connectivity index (χ0n) is 12.6. The minimum atomic E-state index is -0.132. The van der Waals surface area contributed by atoms with Crippen molar-refractivity contribution >= 4 is 0 Å². The average Bonchev–Trinajstić information content (AvgIpc) is 2.60. The summed E-state index contributed by atoms with van der Waals surface area (Å²) in [5, 5.41) is 4.27. The predicted octanol–water partition coefficient (Wildman–Crippen LogP) is 1.31. The highest BCUT2D eigenvalue weighted by Gasteiger charge is 2.36. The molecule has 1 fully saturated rings. The lowest BCUT2D eigenvalue weighted by atomic mass is 9.97. The van der Waals surface area contributed by atoms with Crippen molar-refractivity contribution in [1.82, 2.24) is 14.7 Å². The highest BCUT2D eigenvalue weighted by molar-refractivity contribution is 5.14. The van der Waals surface area contributed by atoms with Crippen LogP contribution in [0.4, 0.5) is 0 Å². The Labute approximate surface area is 115 Å². The second kappa shape index (κ2) is 5.23. The largest absolute Gasteiger partial charge is 0.370 e. The third kappa shape index (κ3) is 3.35. The lowest BCUT2D eigenvalue weighted by molar-refractivity contribution is -0.139. The van der Waals surface area contributed by atoms with Crippen molar-refractivity contribution in [3.05, 3.63) is 18.0 Å². The Hall–Kier alpha value is -0.910. The van der Waals surface area contributed by atoms with Gasteiger partial charge >= 0.3 is 0 Å². The molecular formula is C14H26N4O. The number of aromatic nitrogens is 2. The van der Waals surface area contributed by atoms with Gasteiger partial charge in [0.15, 0.2) is 0 Å². The van der Waals surface area contributed by atoms with Crippen LogP contribution in [0, 0.1) is 0 Å². The van der Waals surface area contributed by atoms with Crippen LogP contribution in [0.1, 0.15) is 39.3 Å². The van der Waals surface area contributed by atoms with Crippen molar-refractivity contribution in [3.8, 4) is 0 Å². The van der Waals surface area contributed by atoms with Crippen LogP contribution >= 0.6 is 0 Å². The van der Waals surface area contributed by atoms with Gasteiger partial charge in [0.05, 0.1) is 23.9 Å². The van der Waals surface area contributed by atoms with Crippen LogP contribution in [0.2, 0.25) is 0 Å². The second-order valence-corrected chi connectivity index (χ2v) is 6.37. The smallest absolute Gasteiger partial charge is 0.0757 e. The van der Waals surface area contributed by atoms with E-state index in [0.717, 1.165) is 13.1 Å². The van der Waals surface area contributed by atoms with E-state index in [0.29, 0.717) is 0 Å². The van der Waals surface area contributed by atoms with Crippen LogP contribution in [0.15, 0.2) is 12.4 Å². The summed E-state index contributed by atoms with van der Waals surface area (Å²) in [4.78, 5) is 2.43. The highest BCUT2D eigenvalue weighted by atomic mass is 16.5. The maximum Gasteiger partial charge on any atom is 0.0757 e. The van der Waals surface area contributed by atoms with E-state index in [1.54, 1.807) is 0 Å². The van der Waals surface area contributed by atoms with Gasteiger partial charge in [0.1, 0.15) is 0 Å². The molecule has 0 radical (unpaired) electrons. The minimum Gasteiger partial charge on any atom is -0.370 e. The lowest BCUT2D eigenvalue weighted by Crippen LogP contribution is -2.55. The first-order chi connectivity index (χ1) is 8.78. The van der Waals surface area contributed by atoms with Crippen LogP contribution < -0.4 is 5.73 Å². The first-order valence-electron chi connectivity index (χ1n) is 6.94. The molecule has 19 heavy (non-hydrogen) atoms. The van der Waals surface area contributed by atoms with Crippen molar-refractivity contribution in [2.75, 3.05) is 13.1 Å². The van der Waals surface area contributed by atoms with E-state index in [4.69, 9.17) is 10.5 Å². The minimum absolute atomic E-state index is 0.0605. The molecule has 2 N–H and O–H groups in total. The SMILES string of the molecule is CC1CN(C(c2cnn(C)c2)C(C)N)CC(C)(C)O1. The molecule has 0 amide bonds. The van der Waals surface area contributed by atoms with Gasteiger partial charge in [-0.2, -0.15) is 5.10 Å². The first kappa shape index (κ1) is 14.5. The molecule has 1 aromatic heterocycles. The van der Waals surface area contributed by atoms with Gasteiger partial charge in [0, 0.05) is 37.9 Å². The third-order valence-corrected chi connectivity index (χ3v) is 3.55. The van der Waals surface area contributed by atoms with Crippen molar-refractivity contribution < 1.29 is 4.74 Å². The molecule has 1 aromatic rings. The second-order valence-electron chi connectivity index (χ2n) is 6.37. The van der Waals surface area contributed by atoms with Crippen LogP contribution in [-0.2, 0) is 11.8 Å². The molecule has 3 atom stereocenters. The number of nitrogens with zero attached hydrogens (tertiary/aromatic N) is 3. The molecule has 0 spiro atoms. The van der Waals surface area contributed by atoms with Crippen molar-refractivity contribution in [2.24, 2.45) is 12.8 Å². The van der Waals surface area contributed by atoms with E-state index in [1.165, 1.54) is 5.56 Å². The highest BCUT2D eigenvalue weighted by Crippen LogP contribution is 2.30. The van der Waals surface area contributed by atoms with Gasteiger partial charge in [-0.15, -0.1) is 0 Å². The Morgan fingerprint density at radius 1 is 1.53 bits per heavy atom. The molecular weight excluding hydrogens is 240 g/mol. The zero-order chi connectivity index (χ0) is 14.2. The summed E-state index contributed by atoms with van der Waals surface area (Å²) in [6.45, 7) is 10.2.